The fourth-order valence-corrected chi connectivity index (χ4v) is 4.39. The number of hydrogen-bond acceptors (Lipinski definition) is 3. The largest absolute Gasteiger partial charge is 0.355 e. The second-order valence-corrected chi connectivity index (χ2v) is 8.48. The molecule has 29 heavy (non-hydrogen) atoms. The maximum absolute atomic E-state index is 12.6. The Labute approximate surface area is 173 Å². The molecular formula is C25H31N3O. The summed E-state index contributed by atoms with van der Waals surface area (Å²) in [6.45, 7) is 1.11. The molecule has 0 atom stereocenters. The number of fused-ring (bicyclic) bond motifs is 1. The lowest BCUT2D eigenvalue weighted by molar-refractivity contribution is 0.400. The summed E-state index contributed by atoms with van der Waals surface area (Å²) in [6.07, 6.45) is 6.90. The Kier molecular flexibility index (Phi) is 6.00. The van der Waals surface area contributed by atoms with Crippen molar-refractivity contribution in [3.63, 3.8) is 0 Å². The van der Waals surface area contributed by atoms with Gasteiger partial charge in [0.15, 0.2) is 0 Å². The van der Waals surface area contributed by atoms with Gasteiger partial charge in [-0.1, -0.05) is 31.0 Å². The molecule has 4 nitrogen and oxygen atoms in total. The van der Waals surface area contributed by atoms with Crippen LogP contribution in [0.4, 0.5) is 11.4 Å². The molecule has 4 rings (SSSR count). The van der Waals surface area contributed by atoms with Crippen molar-refractivity contribution in [1.82, 2.24) is 9.47 Å². The number of aromatic nitrogens is 1. The van der Waals surface area contributed by atoms with E-state index < -0.39 is 0 Å². The quantitative estimate of drug-likeness (QED) is 0.591. The van der Waals surface area contributed by atoms with Gasteiger partial charge >= 0.3 is 0 Å². The number of anilines is 2. The predicted octanol–water partition coefficient (Wildman–Crippen LogP) is 5.35. The fourth-order valence-electron chi connectivity index (χ4n) is 4.39. The SMILES string of the molecule is CN(C)CCCc1ccc(Nc2ccc3ccc(=O)n(C4CCCC4)c3c2)cc1. The smallest absolute Gasteiger partial charge is 0.251 e. The molecule has 4 heteroatoms. The summed E-state index contributed by atoms with van der Waals surface area (Å²) >= 11 is 0. The number of nitrogens with one attached hydrogen (secondary N) is 1. The van der Waals surface area contributed by atoms with Crippen LogP contribution in [0.2, 0.25) is 0 Å². The molecule has 1 saturated carbocycles. The van der Waals surface area contributed by atoms with E-state index >= 15 is 0 Å². The third kappa shape index (κ3) is 4.70. The minimum atomic E-state index is 0.114. The average molecular weight is 390 g/mol. The lowest BCUT2D eigenvalue weighted by atomic mass is 10.1. The highest BCUT2D eigenvalue weighted by Gasteiger charge is 2.19. The van der Waals surface area contributed by atoms with Crippen LogP contribution < -0.4 is 10.9 Å². The number of aryl methyl sites for hydroxylation is 1. The molecule has 1 N–H and O–H groups in total. The standard InChI is InChI=1S/C25H31N3O/c1-27(2)17-5-6-19-9-13-21(14-10-19)26-22-15-11-20-12-16-25(29)28(24(20)18-22)23-7-3-4-8-23/h9-16,18,23,26H,3-8,17H2,1-2H3. The lowest BCUT2D eigenvalue weighted by Crippen LogP contribution is -2.22. The molecule has 0 bridgehead atoms. The minimum Gasteiger partial charge on any atom is -0.355 e. The zero-order valence-electron chi connectivity index (χ0n) is 17.5. The minimum absolute atomic E-state index is 0.114. The maximum atomic E-state index is 12.6. The summed E-state index contributed by atoms with van der Waals surface area (Å²) in [5, 5.41) is 4.63. The van der Waals surface area contributed by atoms with Gasteiger partial charge in [-0.05, 0) is 87.6 Å². The summed E-state index contributed by atoms with van der Waals surface area (Å²) in [6, 6.07) is 19.0. The summed E-state index contributed by atoms with van der Waals surface area (Å²) in [5.74, 6) is 0. The molecule has 1 aliphatic carbocycles. The van der Waals surface area contributed by atoms with Gasteiger partial charge < -0.3 is 14.8 Å². The van der Waals surface area contributed by atoms with Gasteiger partial charge in [0.1, 0.15) is 0 Å². The van der Waals surface area contributed by atoms with Crippen molar-refractivity contribution >= 4 is 22.3 Å². The van der Waals surface area contributed by atoms with Crippen molar-refractivity contribution in [2.45, 2.75) is 44.6 Å². The van der Waals surface area contributed by atoms with Gasteiger partial charge in [0.25, 0.3) is 5.56 Å². The molecule has 0 spiro atoms. The number of rotatable bonds is 7. The van der Waals surface area contributed by atoms with E-state index in [9.17, 15) is 4.79 Å². The van der Waals surface area contributed by atoms with E-state index in [1.54, 1.807) is 6.07 Å². The van der Waals surface area contributed by atoms with Crippen LogP contribution in [0.5, 0.6) is 0 Å². The van der Waals surface area contributed by atoms with Gasteiger partial charge in [0.05, 0.1) is 5.52 Å². The molecule has 0 saturated heterocycles. The van der Waals surface area contributed by atoms with Gasteiger partial charge in [-0.3, -0.25) is 4.79 Å². The van der Waals surface area contributed by atoms with Crippen molar-refractivity contribution in [2.75, 3.05) is 26.0 Å². The van der Waals surface area contributed by atoms with Gasteiger partial charge in [-0.15, -0.1) is 0 Å². The van der Waals surface area contributed by atoms with E-state index in [2.05, 4.69) is 66.8 Å². The van der Waals surface area contributed by atoms with E-state index in [0.29, 0.717) is 6.04 Å². The first-order valence-electron chi connectivity index (χ1n) is 10.8. The molecule has 1 heterocycles. The Morgan fingerprint density at radius 3 is 2.38 bits per heavy atom. The van der Waals surface area contributed by atoms with Crippen molar-refractivity contribution in [3.05, 3.63) is 70.5 Å². The van der Waals surface area contributed by atoms with E-state index in [4.69, 9.17) is 0 Å². The highest BCUT2D eigenvalue weighted by atomic mass is 16.1. The second kappa shape index (κ2) is 8.83. The highest BCUT2D eigenvalue weighted by molar-refractivity contribution is 5.83. The molecule has 152 valence electrons. The molecule has 0 radical (unpaired) electrons. The Balaban J connectivity index is 1.54. The van der Waals surface area contributed by atoms with Crippen LogP contribution in [0.15, 0.2) is 59.4 Å². The third-order valence-corrected chi connectivity index (χ3v) is 5.94. The zero-order chi connectivity index (χ0) is 20.2. The zero-order valence-corrected chi connectivity index (χ0v) is 17.5. The Hall–Kier alpha value is -2.59. The van der Waals surface area contributed by atoms with Gasteiger partial charge in [0, 0.05) is 23.5 Å². The Bertz CT molecular complexity index is 1010. The fraction of sp³-hybridized carbons (Fsp3) is 0.400. The van der Waals surface area contributed by atoms with E-state index in [0.717, 1.165) is 48.1 Å². The van der Waals surface area contributed by atoms with Crippen molar-refractivity contribution in [2.24, 2.45) is 0 Å². The lowest BCUT2D eigenvalue weighted by Gasteiger charge is -2.18. The predicted molar refractivity (Wildman–Crippen MR) is 122 cm³/mol. The molecule has 1 aromatic heterocycles. The Morgan fingerprint density at radius 1 is 0.966 bits per heavy atom. The molecule has 1 aliphatic rings. The number of nitrogens with zero attached hydrogens (tertiary/aromatic N) is 2. The van der Waals surface area contributed by atoms with E-state index in [1.165, 1.54) is 24.8 Å². The van der Waals surface area contributed by atoms with Crippen LogP contribution in [0.1, 0.15) is 43.7 Å². The van der Waals surface area contributed by atoms with Gasteiger partial charge in [-0.25, -0.2) is 0 Å². The van der Waals surface area contributed by atoms with Crippen LogP contribution in [0, 0.1) is 0 Å². The van der Waals surface area contributed by atoms with Gasteiger partial charge in [-0.2, -0.15) is 0 Å². The molecular weight excluding hydrogens is 358 g/mol. The normalized spacial score (nSPS) is 14.7. The first kappa shape index (κ1) is 19.7. The van der Waals surface area contributed by atoms with Crippen LogP contribution >= 0.6 is 0 Å². The first-order chi connectivity index (χ1) is 14.1. The second-order valence-electron chi connectivity index (χ2n) is 8.48. The average Bonchev–Trinajstić information content (AvgIpc) is 3.23. The highest BCUT2D eigenvalue weighted by Crippen LogP contribution is 2.31. The molecule has 0 unspecified atom stereocenters. The van der Waals surface area contributed by atoms with Crippen molar-refractivity contribution in [3.8, 4) is 0 Å². The molecule has 1 fully saturated rings. The van der Waals surface area contributed by atoms with Crippen LogP contribution in [0.3, 0.4) is 0 Å². The van der Waals surface area contributed by atoms with Crippen LogP contribution in [-0.2, 0) is 6.42 Å². The number of benzene rings is 2. The van der Waals surface area contributed by atoms with Crippen LogP contribution in [0.25, 0.3) is 10.9 Å². The van der Waals surface area contributed by atoms with Gasteiger partial charge in [0.2, 0.25) is 0 Å². The monoisotopic (exact) mass is 389 g/mol. The first-order valence-corrected chi connectivity index (χ1v) is 10.8. The summed E-state index contributed by atoms with van der Waals surface area (Å²) in [7, 11) is 4.23. The summed E-state index contributed by atoms with van der Waals surface area (Å²) in [4.78, 5) is 14.8. The topological polar surface area (TPSA) is 37.3 Å². The molecule has 3 aromatic rings. The Morgan fingerprint density at radius 2 is 1.66 bits per heavy atom. The van der Waals surface area contributed by atoms with Crippen LogP contribution in [-0.4, -0.2) is 30.1 Å². The molecule has 0 amide bonds. The number of pyridine rings is 1. The molecule has 2 aromatic carbocycles. The molecule has 0 aliphatic heterocycles. The van der Waals surface area contributed by atoms with E-state index in [-0.39, 0.29) is 5.56 Å². The van der Waals surface area contributed by atoms with E-state index in [1.807, 2.05) is 10.6 Å². The number of hydrogen-bond donors (Lipinski definition) is 1. The maximum Gasteiger partial charge on any atom is 0.251 e. The van der Waals surface area contributed by atoms with Crippen molar-refractivity contribution < 1.29 is 0 Å². The summed E-state index contributed by atoms with van der Waals surface area (Å²) in [5.41, 5.74) is 4.62. The summed E-state index contributed by atoms with van der Waals surface area (Å²) < 4.78 is 2.02. The third-order valence-electron chi connectivity index (χ3n) is 5.94. The van der Waals surface area contributed by atoms with Crippen molar-refractivity contribution in [1.29, 1.82) is 0 Å².